The Kier molecular flexibility index (Phi) is 9.51. The van der Waals surface area contributed by atoms with E-state index in [1.54, 1.807) is 17.0 Å². The van der Waals surface area contributed by atoms with E-state index in [2.05, 4.69) is 36.2 Å². The number of rotatable bonds is 8. The lowest BCUT2D eigenvalue weighted by molar-refractivity contribution is 0.0519. The standard InChI is InChI=1S/C28H38ClN3O4S/c1-22-7-6-10-26(32(22)37(34,35)27-13-11-24(29)12-14-27)21-36-28(33)31-19-16-25(17-20-31)30(2)18-15-23-8-4-3-5-9-23/h3-5,8-9,11-14,22,25-26H,6-7,10,15-21H2,1-2H3/t22-,26-/m1/s1. The number of ether oxygens (including phenoxy) is 1. The van der Waals surface area contributed by atoms with Gasteiger partial charge >= 0.3 is 6.09 Å². The van der Waals surface area contributed by atoms with Gasteiger partial charge < -0.3 is 14.5 Å². The Bertz CT molecular complexity index is 1120. The first-order valence-electron chi connectivity index (χ1n) is 13.2. The van der Waals surface area contributed by atoms with Crippen LogP contribution in [0.4, 0.5) is 4.79 Å². The summed E-state index contributed by atoms with van der Waals surface area (Å²) < 4.78 is 34.1. The Morgan fingerprint density at radius 1 is 1.03 bits per heavy atom. The van der Waals surface area contributed by atoms with E-state index >= 15 is 0 Å². The molecule has 2 atom stereocenters. The number of benzene rings is 2. The van der Waals surface area contributed by atoms with E-state index in [-0.39, 0.29) is 29.7 Å². The van der Waals surface area contributed by atoms with Crippen LogP contribution in [-0.4, -0.2) is 80.0 Å². The minimum atomic E-state index is -3.73. The number of carbonyl (C=O) groups excluding carboxylic acids is 1. The highest BCUT2D eigenvalue weighted by Gasteiger charge is 2.39. The monoisotopic (exact) mass is 547 g/mol. The zero-order valence-electron chi connectivity index (χ0n) is 21.8. The van der Waals surface area contributed by atoms with Crippen molar-refractivity contribution < 1.29 is 17.9 Å². The zero-order valence-corrected chi connectivity index (χ0v) is 23.3. The molecular weight excluding hydrogens is 510 g/mol. The van der Waals surface area contributed by atoms with Gasteiger partial charge in [0.05, 0.1) is 10.9 Å². The number of piperidine rings is 2. The molecule has 4 rings (SSSR count). The third-order valence-corrected chi connectivity index (χ3v) is 10.0. The second-order valence-corrected chi connectivity index (χ2v) is 12.5. The fourth-order valence-electron chi connectivity index (χ4n) is 5.46. The van der Waals surface area contributed by atoms with Gasteiger partial charge in [-0.25, -0.2) is 13.2 Å². The topological polar surface area (TPSA) is 70.2 Å². The number of likely N-dealkylation sites (N-methyl/N-ethyl adjacent to an activating group) is 1. The van der Waals surface area contributed by atoms with Crippen molar-refractivity contribution in [3.63, 3.8) is 0 Å². The molecule has 0 radical (unpaired) electrons. The molecule has 0 aliphatic carbocycles. The summed E-state index contributed by atoms with van der Waals surface area (Å²) in [6, 6.07) is 16.6. The number of hydrogen-bond donors (Lipinski definition) is 0. The van der Waals surface area contributed by atoms with Crippen LogP contribution < -0.4 is 0 Å². The van der Waals surface area contributed by atoms with Gasteiger partial charge in [-0.15, -0.1) is 0 Å². The molecule has 0 spiro atoms. The quantitative estimate of drug-likeness (QED) is 0.462. The molecule has 7 nitrogen and oxygen atoms in total. The molecule has 2 saturated heterocycles. The highest BCUT2D eigenvalue weighted by atomic mass is 35.5. The van der Waals surface area contributed by atoms with Gasteiger partial charge in [-0.1, -0.05) is 48.4 Å². The minimum absolute atomic E-state index is 0.0624. The summed E-state index contributed by atoms with van der Waals surface area (Å²) in [5.74, 6) is 0. The SMILES string of the molecule is C[C@@H]1CCC[C@H](COC(=O)N2CCC(N(C)CCc3ccccc3)CC2)N1S(=O)(=O)c1ccc(Cl)cc1. The van der Waals surface area contributed by atoms with E-state index in [0.29, 0.717) is 30.6 Å². The van der Waals surface area contributed by atoms with E-state index < -0.39 is 10.0 Å². The maximum absolute atomic E-state index is 13.4. The molecule has 9 heteroatoms. The molecule has 202 valence electrons. The van der Waals surface area contributed by atoms with E-state index in [0.717, 1.165) is 38.6 Å². The molecule has 2 aromatic carbocycles. The molecule has 37 heavy (non-hydrogen) atoms. The summed E-state index contributed by atoms with van der Waals surface area (Å²) in [6.07, 6.45) is 4.80. The van der Waals surface area contributed by atoms with Gasteiger partial charge in [-0.2, -0.15) is 4.31 Å². The van der Waals surface area contributed by atoms with Gasteiger partial charge in [0.25, 0.3) is 0 Å². The van der Waals surface area contributed by atoms with Gasteiger partial charge in [0, 0.05) is 36.7 Å². The number of nitrogens with zero attached hydrogens (tertiary/aromatic N) is 3. The average Bonchev–Trinajstić information content (AvgIpc) is 2.91. The van der Waals surface area contributed by atoms with Crippen LogP contribution >= 0.6 is 11.6 Å². The number of hydrogen-bond acceptors (Lipinski definition) is 5. The Balaban J connectivity index is 1.28. The molecule has 2 fully saturated rings. The molecule has 1 amide bonds. The molecule has 2 aliphatic rings. The lowest BCUT2D eigenvalue weighted by Crippen LogP contribution is -2.51. The number of amides is 1. The Labute approximate surface area is 226 Å². The third-order valence-electron chi connectivity index (χ3n) is 7.68. The molecule has 0 aromatic heterocycles. The maximum Gasteiger partial charge on any atom is 0.409 e. The Morgan fingerprint density at radius 2 is 1.70 bits per heavy atom. The molecule has 2 heterocycles. The first-order valence-corrected chi connectivity index (χ1v) is 15.0. The second kappa shape index (κ2) is 12.6. The molecule has 0 N–H and O–H groups in total. The number of carbonyl (C=O) groups is 1. The molecule has 0 unspecified atom stereocenters. The molecule has 2 aliphatic heterocycles. The van der Waals surface area contributed by atoms with Gasteiger partial charge in [-0.3, -0.25) is 0 Å². The van der Waals surface area contributed by atoms with Crippen molar-refractivity contribution in [2.24, 2.45) is 0 Å². The summed E-state index contributed by atoms with van der Waals surface area (Å²) in [5, 5.41) is 0.488. The normalized spacial score (nSPS) is 21.8. The van der Waals surface area contributed by atoms with E-state index in [1.165, 1.54) is 22.0 Å². The summed E-state index contributed by atoms with van der Waals surface area (Å²) in [7, 11) is -1.57. The van der Waals surface area contributed by atoms with Crippen LogP contribution in [0, 0.1) is 0 Å². The zero-order chi connectivity index (χ0) is 26.4. The number of likely N-dealkylation sites (tertiary alicyclic amines) is 1. The first-order chi connectivity index (χ1) is 17.8. The van der Waals surface area contributed by atoms with Crippen LogP contribution in [0.25, 0.3) is 0 Å². The van der Waals surface area contributed by atoms with Crippen molar-refractivity contribution in [3.05, 3.63) is 65.2 Å². The van der Waals surface area contributed by atoms with Crippen molar-refractivity contribution in [1.29, 1.82) is 0 Å². The second-order valence-electron chi connectivity index (χ2n) is 10.2. The fraction of sp³-hybridized carbons (Fsp3) is 0.536. The van der Waals surface area contributed by atoms with Crippen molar-refractivity contribution in [1.82, 2.24) is 14.1 Å². The molecule has 0 bridgehead atoms. The molecule has 0 saturated carbocycles. The Morgan fingerprint density at radius 3 is 2.38 bits per heavy atom. The highest BCUT2D eigenvalue weighted by molar-refractivity contribution is 7.89. The summed E-state index contributed by atoms with van der Waals surface area (Å²) in [4.78, 5) is 17.2. The predicted octanol–water partition coefficient (Wildman–Crippen LogP) is 5.05. The van der Waals surface area contributed by atoms with Crippen LogP contribution in [0.5, 0.6) is 0 Å². The predicted molar refractivity (Wildman–Crippen MR) is 146 cm³/mol. The van der Waals surface area contributed by atoms with Gasteiger partial charge in [0.1, 0.15) is 6.61 Å². The average molecular weight is 548 g/mol. The van der Waals surface area contributed by atoms with Gasteiger partial charge in [-0.05, 0) is 75.9 Å². The van der Waals surface area contributed by atoms with Gasteiger partial charge in [0.15, 0.2) is 0 Å². The van der Waals surface area contributed by atoms with Crippen molar-refractivity contribution >= 4 is 27.7 Å². The summed E-state index contributed by atoms with van der Waals surface area (Å²) in [6.45, 7) is 4.25. The number of sulfonamides is 1. The highest BCUT2D eigenvalue weighted by Crippen LogP contribution is 2.30. The van der Waals surface area contributed by atoms with Crippen molar-refractivity contribution in [3.8, 4) is 0 Å². The van der Waals surface area contributed by atoms with Crippen LogP contribution in [0.15, 0.2) is 59.5 Å². The van der Waals surface area contributed by atoms with Crippen LogP contribution in [0.3, 0.4) is 0 Å². The molecular formula is C28H38ClN3O4S. The summed E-state index contributed by atoms with van der Waals surface area (Å²) >= 11 is 5.96. The van der Waals surface area contributed by atoms with Crippen molar-refractivity contribution in [2.75, 3.05) is 33.3 Å². The number of halogens is 1. The lowest BCUT2D eigenvalue weighted by atomic mass is 10.0. The van der Waals surface area contributed by atoms with Crippen LogP contribution in [0.2, 0.25) is 5.02 Å². The smallest absolute Gasteiger partial charge is 0.409 e. The van der Waals surface area contributed by atoms with Crippen LogP contribution in [0.1, 0.15) is 44.6 Å². The van der Waals surface area contributed by atoms with E-state index in [1.807, 2.05) is 13.0 Å². The summed E-state index contributed by atoms with van der Waals surface area (Å²) in [5.41, 5.74) is 1.33. The Hall–Kier alpha value is -2.13. The lowest BCUT2D eigenvalue weighted by Gasteiger charge is -2.40. The van der Waals surface area contributed by atoms with Gasteiger partial charge in [0.2, 0.25) is 10.0 Å². The maximum atomic E-state index is 13.4. The van der Waals surface area contributed by atoms with Crippen LogP contribution in [-0.2, 0) is 21.2 Å². The third kappa shape index (κ3) is 7.05. The minimum Gasteiger partial charge on any atom is -0.448 e. The molecule has 2 aromatic rings. The first kappa shape index (κ1) is 27.9. The van der Waals surface area contributed by atoms with Crippen molar-refractivity contribution in [2.45, 2.75) is 68.5 Å². The van der Waals surface area contributed by atoms with E-state index in [4.69, 9.17) is 16.3 Å². The largest absolute Gasteiger partial charge is 0.448 e. The fourth-order valence-corrected chi connectivity index (χ4v) is 7.45. The van der Waals surface area contributed by atoms with E-state index in [9.17, 15) is 13.2 Å².